The second kappa shape index (κ2) is 7.33. The Hall–Kier alpha value is -0.900. The van der Waals surface area contributed by atoms with Gasteiger partial charge in [0.25, 0.3) is 0 Å². The maximum atomic E-state index is 6.19. The maximum absolute atomic E-state index is 6.19. The van der Waals surface area contributed by atoms with Crippen LogP contribution in [0.1, 0.15) is 58.3 Å². The lowest BCUT2D eigenvalue weighted by molar-refractivity contribution is -0.0930. The molecule has 1 heterocycles. The van der Waals surface area contributed by atoms with Gasteiger partial charge in [0.15, 0.2) is 6.29 Å². The fourth-order valence-electron chi connectivity index (χ4n) is 3.69. The molecule has 4 atom stereocenters. The lowest BCUT2D eigenvalue weighted by Gasteiger charge is -2.41. The highest BCUT2D eigenvalue weighted by Gasteiger charge is 2.36. The second-order valence-corrected chi connectivity index (χ2v) is 7.69. The molecule has 0 bridgehead atoms. The Morgan fingerprint density at radius 3 is 2.78 bits per heavy atom. The van der Waals surface area contributed by atoms with E-state index in [1.807, 2.05) is 30.3 Å². The van der Waals surface area contributed by atoms with Crippen molar-refractivity contribution >= 4 is 0 Å². The van der Waals surface area contributed by atoms with Crippen molar-refractivity contribution in [2.45, 2.75) is 65.0 Å². The summed E-state index contributed by atoms with van der Waals surface area (Å²) in [4.78, 5) is 0. The van der Waals surface area contributed by atoms with Crippen LogP contribution in [0.5, 0.6) is 0 Å². The predicted octanol–water partition coefficient (Wildman–Crippen LogP) is 4.72. The molecule has 23 heavy (non-hydrogen) atoms. The van der Waals surface area contributed by atoms with Crippen molar-refractivity contribution in [1.29, 1.82) is 0 Å². The molecule has 1 saturated carbocycles. The molecule has 3 nitrogen and oxygen atoms in total. The first-order chi connectivity index (χ1) is 11.1. The number of benzene rings is 1. The molecule has 2 aliphatic rings. The molecule has 1 aromatic rings. The van der Waals surface area contributed by atoms with Crippen LogP contribution in [0, 0.1) is 11.3 Å². The van der Waals surface area contributed by atoms with Crippen molar-refractivity contribution in [1.82, 2.24) is 0 Å². The van der Waals surface area contributed by atoms with Crippen LogP contribution < -0.4 is 0 Å². The van der Waals surface area contributed by atoms with Gasteiger partial charge in [0, 0.05) is 5.56 Å². The van der Waals surface area contributed by atoms with Crippen LogP contribution in [0.2, 0.25) is 0 Å². The van der Waals surface area contributed by atoms with Crippen LogP contribution in [-0.4, -0.2) is 25.4 Å². The molecule has 3 heteroatoms. The summed E-state index contributed by atoms with van der Waals surface area (Å²) in [5, 5.41) is 0. The van der Waals surface area contributed by atoms with Gasteiger partial charge in [0.2, 0.25) is 0 Å². The first kappa shape index (κ1) is 16.9. The largest absolute Gasteiger partial charge is 0.375 e. The van der Waals surface area contributed by atoms with Gasteiger partial charge >= 0.3 is 0 Å². The molecule has 2 fully saturated rings. The second-order valence-electron chi connectivity index (χ2n) is 7.69. The van der Waals surface area contributed by atoms with Crippen molar-refractivity contribution in [2.75, 3.05) is 13.2 Å². The molecule has 0 radical (unpaired) electrons. The van der Waals surface area contributed by atoms with E-state index >= 15 is 0 Å². The van der Waals surface area contributed by atoms with Crippen LogP contribution in [0.25, 0.3) is 0 Å². The zero-order valence-corrected chi connectivity index (χ0v) is 14.7. The minimum Gasteiger partial charge on any atom is -0.375 e. The van der Waals surface area contributed by atoms with Crippen molar-refractivity contribution in [2.24, 2.45) is 11.3 Å². The topological polar surface area (TPSA) is 27.7 Å². The normalized spacial score (nSPS) is 34.9. The highest BCUT2D eigenvalue weighted by molar-refractivity contribution is 5.16. The number of hydrogen-bond donors (Lipinski definition) is 0. The Morgan fingerprint density at radius 2 is 2.04 bits per heavy atom. The molecule has 1 aliphatic carbocycles. The molecule has 0 amide bonds. The Morgan fingerprint density at radius 1 is 1.26 bits per heavy atom. The summed E-state index contributed by atoms with van der Waals surface area (Å²) in [5.74, 6) is 0.711. The summed E-state index contributed by atoms with van der Waals surface area (Å²) in [6, 6.07) is 10.1. The van der Waals surface area contributed by atoms with Crippen molar-refractivity contribution < 1.29 is 14.2 Å². The van der Waals surface area contributed by atoms with E-state index in [4.69, 9.17) is 14.2 Å². The van der Waals surface area contributed by atoms with E-state index in [-0.39, 0.29) is 12.4 Å². The van der Waals surface area contributed by atoms with E-state index in [0.29, 0.717) is 30.7 Å². The molecule has 0 aromatic heterocycles. The van der Waals surface area contributed by atoms with E-state index in [9.17, 15) is 0 Å². The van der Waals surface area contributed by atoms with E-state index in [2.05, 4.69) is 20.8 Å². The summed E-state index contributed by atoms with van der Waals surface area (Å²) in [7, 11) is 0. The van der Waals surface area contributed by atoms with Crippen molar-refractivity contribution in [3.63, 3.8) is 0 Å². The Balaban J connectivity index is 1.46. The molecule has 128 valence electrons. The first-order valence-corrected chi connectivity index (χ1v) is 9.00. The number of ether oxygens (including phenoxy) is 3. The first-order valence-electron chi connectivity index (χ1n) is 9.00. The van der Waals surface area contributed by atoms with Gasteiger partial charge in [-0.05, 0) is 30.6 Å². The van der Waals surface area contributed by atoms with Crippen molar-refractivity contribution in [3.05, 3.63) is 35.9 Å². The van der Waals surface area contributed by atoms with E-state index in [1.54, 1.807) is 0 Å². The van der Waals surface area contributed by atoms with Gasteiger partial charge in [-0.3, -0.25) is 0 Å². The van der Waals surface area contributed by atoms with Crippen LogP contribution in [0.3, 0.4) is 0 Å². The monoisotopic (exact) mass is 318 g/mol. The molecular weight excluding hydrogens is 288 g/mol. The third kappa shape index (κ3) is 4.14. The Bertz CT molecular complexity index is 487. The van der Waals surface area contributed by atoms with Crippen LogP contribution in [-0.2, 0) is 14.2 Å². The lowest BCUT2D eigenvalue weighted by Crippen LogP contribution is -2.35. The van der Waals surface area contributed by atoms with Crippen molar-refractivity contribution in [3.8, 4) is 0 Å². The average Bonchev–Trinajstić information content (AvgIpc) is 3.03. The van der Waals surface area contributed by atoms with Crippen LogP contribution >= 0.6 is 0 Å². The molecular formula is C20H30O3. The molecule has 0 spiro atoms. The molecule has 1 aromatic carbocycles. The van der Waals surface area contributed by atoms with Gasteiger partial charge in [-0.2, -0.15) is 0 Å². The number of hydrogen-bond acceptors (Lipinski definition) is 3. The van der Waals surface area contributed by atoms with Crippen LogP contribution in [0.15, 0.2) is 30.3 Å². The Labute approximate surface area is 140 Å². The van der Waals surface area contributed by atoms with Gasteiger partial charge in [0.05, 0.1) is 19.3 Å². The standard InChI is InChI=1S/C20H30O3/c1-15(2)20(3)11-7-10-17(12-20)21-13-18-14-22-19(23-18)16-8-5-4-6-9-16/h4-6,8-9,15,17-19H,7,10-14H2,1-3H3. The molecule has 1 saturated heterocycles. The summed E-state index contributed by atoms with van der Waals surface area (Å²) < 4.78 is 18.0. The fourth-order valence-corrected chi connectivity index (χ4v) is 3.69. The molecule has 3 rings (SSSR count). The smallest absolute Gasteiger partial charge is 0.184 e. The zero-order valence-electron chi connectivity index (χ0n) is 14.7. The number of rotatable bonds is 5. The Kier molecular flexibility index (Phi) is 5.40. The summed E-state index contributed by atoms with van der Waals surface area (Å²) in [6.45, 7) is 8.34. The summed E-state index contributed by atoms with van der Waals surface area (Å²) in [5.41, 5.74) is 1.50. The predicted molar refractivity (Wildman–Crippen MR) is 91.2 cm³/mol. The van der Waals surface area contributed by atoms with E-state index in [0.717, 1.165) is 5.56 Å². The quantitative estimate of drug-likeness (QED) is 0.786. The van der Waals surface area contributed by atoms with Gasteiger partial charge in [-0.15, -0.1) is 0 Å². The fraction of sp³-hybridized carbons (Fsp3) is 0.700. The highest BCUT2D eigenvalue weighted by Crippen LogP contribution is 2.43. The third-order valence-corrected chi connectivity index (χ3v) is 5.70. The van der Waals surface area contributed by atoms with E-state index in [1.165, 1.54) is 25.7 Å². The summed E-state index contributed by atoms with van der Waals surface area (Å²) >= 11 is 0. The van der Waals surface area contributed by atoms with Gasteiger partial charge in [-0.1, -0.05) is 57.5 Å². The van der Waals surface area contributed by atoms with Gasteiger partial charge in [-0.25, -0.2) is 0 Å². The van der Waals surface area contributed by atoms with Gasteiger partial charge < -0.3 is 14.2 Å². The van der Waals surface area contributed by atoms with Crippen LogP contribution in [0.4, 0.5) is 0 Å². The minimum absolute atomic E-state index is 0.0486. The highest BCUT2D eigenvalue weighted by atomic mass is 16.7. The molecule has 1 aliphatic heterocycles. The minimum atomic E-state index is -0.239. The molecule has 4 unspecified atom stereocenters. The maximum Gasteiger partial charge on any atom is 0.184 e. The SMILES string of the molecule is CC(C)C1(C)CCCC(OCC2COC(c3ccccc3)O2)C1. The van der Waals surface area contributed by atoms with Gasteiger partial charge in [0.1, 0.15) is 6.10 Å². The lowest BCUT2D eigenvalue weighted by atomic mass is 9.67. The zero-order chi connectivity index (χ0) is 16.3. The third-order valence-electron chi connectivity index (χ3n) is 5.70. The molecule has 0 N–H and O–H groups in total. The average molecular weight is 318 g/mol. The summed E-state index contributed by atoms with van der Waals surface area (Å²) in [6.07, 6.45) is 5.12. The van der Waals surface area contributed by atoms with E-state index < -0.39 is 0 Å².